The molecule has 3 rings (SSSR count). The fourth-order valence-electron chi connectivity index (χ4n) is 3.18. The van der Waals surface area contributed by atoms with Gasteiger partial charge in [0.1, 0.15) is 28.1 Å². The Morgan fingerprint density at radius 1 is 1.23 bits per heavy atom. The standard InChI is InChI=1S/C20H26BrFO4/c1-20(2,3)26-19(23)18(21)15-10-13(22)11-16(17(15)12-4-5-12)25-14-6-8-24-9-7-14/h10-12,14,18H,4-9H2,1-3H3. The van der Waals surface area contributed by atoms with Crippen LogP contribution < -0.4 is 4.74 Å². The van der Waals surface area contributed by atoms with Gasteiger partial charge in [0.2, 0.25) is 0 Å². The average molecular weight is 429 g/mol. The smallest absolute Gasteiger partial charge is 0.324 e. The van der Waals surface area contributed by atoms with Crippen LogP contribution >= 0.6 is 15.9 Å². The van der Waals surface area contributed by atoms with E-state index in [0.29, 0.717) is 30.4 Å². The minimum absolute atomic E-state index is 0.0196. The van der Waals surface area contributed by atoms with Crippen LogP contribution in [0.15, 0.2) is 12.1 Å². The van der Waals surface area contributed by atoms with Gasteiger partial charge in [-0.1, -0.05) is 15.9 Å². The summed E-state index contributed by atoms with van der Waals surface area (Å²) in [6.07, 6.45) is 3.65. The lowest BCUT2D eigenvalue weighted by molar-refractivity contribution is -0.154. The number of esters is 1. The topological polar surface area (TPSA) is 44.8 Å². The van der Waals surface area contributed by atoms with E-state index < -0.39 is 22.2 Å². The van der Waals surface area contributed by atoms with Gasteiger partial charge < -0.3 is 14.2 Å². The third-order valence-electron chi connectivity index (χ3n) is 4.47. The second kappa shape index (κ2) is 7.85. The number of carbonyl (C=O) groups is 1. The molecular weight excluding hydrogens is 403 g/mol. The van der Waals surface area contributed by atoms with Crippen molar-refractivity contribution in [1.29, 1.82) is 0 Å². The predicted octanol–water partition coefficient (Wildman–Crippen LogP) is 5.04. The maximum absolute atomic E-state index is 14.3. The lowest BCUT2D eigenvalue weighted by Crippen LogP contribution is -2.27. The molecule has 1 aliphatic heterocycles. The van der Waals surface area contributed by atoms with Gasteiger partial charge in [0.25, 0.3) is 0 Å². The molecule has 0 N–H and O–H groups in total. The van der Waals surface area contributed by atoms with Gasteiger partial charge in [0.05, 0.1) is 13.2 Å². The third-order valence-corrected chi connectivity index (χ3v) is 5.34. The molecule has 0 radical (unpaired) electrons. The summed E-state index contributed by atoms with van der Waals surface area (Å²) in [4.78, 5) is 11.8. The van der Waals surface area contributed by atoms with Crippen LogP contribution in [0, 0.1) is 5.82 Å². The number of rotatable bonds is 5. The van der Waals surface area contributed by atoms with E-state index in [0.717, 1.165) is 31.2 Å². The first-order chi connectivity index (χ1) is 12.2. The van der Waals surface area contributed by atoms with E-state index in [1.807, 2.05) is 20.8 Å². The van der Waals surface area contributed by atoms with Gasteiger partial charge in [-0.25, -0.2) is 4.39 Å². The predicted molar refractivity (Wildman–Crippen MR) is 100 cm³/mol. The van der Waals surface area contributed by atoms with Gasteiger partial charge in [0, 0.05) is 24.5 Å². The molecule has 0 spiro atoms. The summed E-state index contributed by atoms with van der Waals surface area (Å²) in [5, 5.41) is 0. The molecule has 1 heterocycles. The molecule has 1 aliphatic carbocycles. The molecule has 1 unspecified atom stereocenters. The summed E-state index contributed by atoms with van der Waals surface area (Å²) in [5.41, 5.74) is 0.951. The van der Waals surface area contributed by atoms with Crippen LogP contribution in [0.2, 0.25) is 0 Å². The molecule has 0 amide bonds. The number of alkyl halides is 1. The van der Waals surface area contributed by atoms with E-state index in [1.54, 1.807) is 0 Å². The Kier molecular flexibility index (Phi) is 5.92. The van der Waals surface area contributed by atoms with Crippen molar-refractivity contribution < 1.29 is 23.4 Å². The van der Waals surface area contributed by atoms with Crippen LogP contribution in [-0.2, 0) is 14.3 Å². The second-order valence-corrected chi connectivity index (χ2v) is 8.92. The van der Waals surface area contributed by atoms with Gasteiger partial charge in [-0.2, -0.15) is 0 Å². The van der Waals surface area contributed by atoms with Crippen LogP contribution in [-0.4, -0.2) is 30.9 Å². The van der Waals surface area contributed by atoms with E-state index in [4.69, 9.17) is 14.2 Å². The highest BCUT2D eigenvalue weighted by Gasteiger charge is 2.35. The minimum atomic E-state index is -0.718. The molecule has 2 aliphatic rings. The largest absolute Gasteiger partial charge is 0.490 e. The molecule has 0 aromatic heterocycles. The first kappa shape index (κ1) is 19.6. The molecule has 0 bridgehead atoms. The molecule has 1 saturated heterocycles. The molecule has 144 valence electrons. The van der Waals surface area contributed by atoms with Crippen molar-refractivity contribution in [3.8, 4) is 5.75 Å². The summed E-state index contributed by atoms with van der Waals surface area (Å²) >= 11 is 3.43. The molecule has 6 heteroatoms. The zero-order valence-electron chi connectivity index (χ0n) is 15.5. The highest BCUT2D eigenvalue weighted by molar-refractivity contribution is 9.09. The molecule has 1 aromatic carbocycles. The quantitative estimate of drug-likeness (QED) is 0.486. The number of hydrogen-bond donors (Lipinski definition) is 0. The van der Waals surface area contributed by atoms with Gasteiger partial charge in [-0.3, -0.25) is 4.79 Å². The number of halogens is 2. The maximum Gasteiger partial charge on any atom is 0.324 e. The van der Waals surface area contributed by atoms with Crippen molar-refractivity contribution in [3.05, 3.63) is 29.1 Å². The van der Waals surface area contributed by atoms with Crippen molar-refractivity contribution in [3.63, 3.8) is 0 Å². The van der Waals surface area contributed by atoms with Gasteiger partial charge >= 0.3 is 5.97 Å². The molecule has 1 saturated carbocycles. The first-order valence-electron chi connectivity index (χ1n) is 9.19. The van der Waals surface area contributed by atoms with E-state index in [1.165, 1.54) is 12.1 Å². The van der Waals surface area contributed by atoms with E-state index in [2.05, 4.69) is 15.9 Å². The molecular formula is C20H26BrFO4. The summed E-state index contributed by atoms with van der Waals surface area (Å²) in [7, 11) is 0. The van der Waals surface area contributed by atoms with E-state index in [9.17, 15) is 9.18 Å². The van der Waals surface area contributed by atoms with Crippen LogP contribution in [0.4, 0.5) is 4.39 Å². The maximum atomic E-state index is 14.3. The number of hydrogen-bond acceptors (Lipinski definition) is 4. The van der Waals surface area contributed by atoms with E-state index in [-0.39, 0.29) is 6.10 Å². The van der Waals surface area contributed by atoms with Crippen molar-refractivity contribution >= 4 is 21.9 Å². The van der Waals surface area contributed by atoms with E-state index >= 15 is 0 Å². The van der Waals surface area contributed by atoms with Gasteiger partial charge in [0.15, 0.2) is 0 Å². The molecule has 4 nitrogen and oxygen atoms in total. The lowest BCUT2D eigenvalue weighted by Gasteiger charge is -2.27. The average Bonchev–Trinajstić information content (AvgIpc) is 3.37. The van der Waals surface area contributed by atoms with Crippen molar-refractivity contribution in [2.24, 2.45) is 0 Å². The van der Waals surface area contributed by atoms with Crippen LogP contribution in [0.1, 0.15) is 68.3 Å². The van der Waals surface area contributed by atoms with Crippen LogP contribution in [0.5, 0.6) is 5.75 Å². The monoisotopic (exact) mass is 428 g/mol. The molecule has 26 heavy (non-hydrogen) atoms. The van der Waals surface area contributed by atoms with Crippen molar-refractivity contribution in [2.75, 3.05) is 13.2 Å². The Bertz CT molecular complexity index is 661. The minimum Gasteiger partial charge on any atom is -0.490 e. The van der Waals surface area contributed by atoms with Crippen LogP contribution in [0.25, 0.3) is 0 Å². The Labute approximate surface area is 162 Å². The highest BCUT2D eigenvalue weighted by Crippen LogP contribution is 2.49. The third kappa shape index (κ3) is 4.97. The SMILES string of the molecule is CC(C)(C)OC(=O)C(Br)c1cc(F)cc(OC2CCOCC2)c1C1CC1. The molecule has 1 aromatic rings. The normalized spacial score (nSPS) is 19.9. The number of ether oxygens (including phenoxy) is 3. The first-order valence-corrected chi connectivity index (χ1v) is 10.1. The van der Waals surface area contributed by atoms with Crippen molar-refractivity contribution in [1.82, 2.24) is 0 Å². The lowest BCUT2D eigenvalue weighted by atomic mass is 9.98. The zero-order chi connectivity index (χ0) is 18.9. The number of benzene rings is 1. The molecule has 2 fully saturated rings. The van der Waals surface area contributed by atoms with Crippen LogP contribution in [0.3, 0.4) is 0 Å². The Morgan fingerprint density at radius 3 is 2.46 bits per heavy atom. The Hall–Kier alpha value is -1.14. The summed E-state index contributed by atoms with van der Waals surface area (Å²) in [5.74, 6) is 0.0480. The Balaban J connectivity index is 1.90. The highest BCUT2D eigenvalue weighted by atomic mass is 79.9. The second-order valence-electron chi connectivity index (χ2n) is 8.01. The van der Waals surface area contributed by atoms with Gasteiger partial charge in [-0.15, -0.1) is 0 Å². The molecule has 1 atom stereocenters. The fraction of sp³-hybridized carbons (Fsp3) is 0.650. The van der Waals surface area contributed by atoms with Crippen molar-refractivity contribution in [2.45, 2.75) is 68.9 Å². The summed E-state index contributed by atoms with van der Waals surface area (Å²) < 4.78 is 31.3. The summed E-state index contributed by atoms with van der Waals surface area (Å²) in [6, 6.07) is 2.87. The summed E-state index contributed by atoms with van der Waals surface area (Å²) in [6.45, 7) is 6.77. The fourth-order valence-corrected chi connectivity index (χ4v) is 3.66. The Morgan fingerprint density at radius 2 is 1.88 bits per heavy atom. The number of carbonyl (C=O) groups excluding carboxylic acids is 1. The van der Waals surface area contributed by atoms with Gasteiger partial charge in [-0.05, 0) is 51.2 Å². The zero-order valence-corrected chi connectivity index (χ0v) is 17.1.